The van der Waals surface area contributed by atoms with Gasteiger partial charge >= 0.3 is 97.7 Å². The van der Waals surface area contributed by atoms with E-state index in [1.807, 2.05) is 0 Å². The number of hydrogen-bond acceptors (Lipinski definition) is 0. The molecule has 0 N–H and O–H groups in total. The van der Waals surface area contributed by atoms with Gasteiger partial charge in [0.2, 0.25) is 0 Å². The first-order valence-electron chi connectivity index (χ1n) is 7.58. The number of rotatable bonds is 4. The summed E-state index contributed by atoms with van der Waals surface area (Å²) >= 11 is -0.411. The third kappa shape index (κ3) is 6.25. The molecular formula is C19H23Ge. The summed E-state index contributed by atoms with van der Waals surface area (Å²) in [7, 11) is 0. The van der Waals surface area contributed by atoms with Crippen LogP contribution in [-0.2, 0) is 10.5 Å². The first-order chi connectivity index (χ1) is 9.95. The van der Waals surface area contributed by atoms with Crippen LogP contribution in [0.4, 0.5) is 0 Å². The quantitative estimate of drug-likeness (QED) is 0.744. The van der Waals surface area contributed by atoms with Crippen LogP contribution in [0.25, 0.3) is 0 Å². The van der Waals surface area contributed by atoms with Crippen LogP contribution in [0.1, 0.15) is 30.4 Å². The molecule has 1 radical (unpaired) electrons. The molecule has 0 nitrogen and oxygen atoms in total. The molecule has 1 heteroatoms. The average Bonchev–Trinajstić information content (AvgIpc) is 3.09. The summed E-state index contributed by atoms with van der Waals surface area (Å²) in [4.78, 5) is 0. The zero-order valence-corrected chi connectivity index (χ0v) is 15.1. The summed E-state index contributed by atoms with van der Waals surface area (Å²) in [5, 5.41) is 2.73. The van der Waals surface area contributed by atoms with Crippen molar-refractivity contribution in [3.05, 3.63) is 83.9 Å². The molecule has 0 saturated carbocycles. The van der Waals surface area contributed by atoms with E-state index < -0.39 is 15.4 Å². The first-order valence-corrected chi connectivity index (χ1v) is 11.8. The van der Waals surface area contributed by atoms with Crippen LogP contribution in [0.5, 0.6) is 0 Å². The van der Waals surface area contributed by atoms with Crippen LogP contribution in [0.15, 0.2) is 66.7 Å². The second kappa shape index (κ2) is 9.60. The van der Waals surface area contributed by atoms with Crippen molar-refractivity contribution in [1.82, 2.24) is 0 Å². The molecule has 0 saturated heterocycles. The van der Waals surface area contributed by atoms with Crippen LogP contribution in [0.2, 0.25) is 0 Å². The topological polar surface area (TPSA) is 0 Å². The van der Waals surface area contributed by atoms with E-state index in [1.165, 1.54) is 40.9 Å². The fourth-order valence-electron chi connectivity index (χ4n) is 2.30. The van der Waals surface area contributed by atoms with Gasteiger partial charge in [-0.15, -0.1) is 0 Å². The molecule has 3 rings (SSSR count). The molecular weight excluding hydrogens is 301 g/mol. The zero-order chi connectivity index (χ0) is 13.9. The predicted molar refractivity (Wildman–Crippen MR) is 90.5 cm³/mol. The van der Waals surface area contributed by atoms with Gasteiger partial charge in [-0.2, -0.15) is 0 Å². The average molecular weight is 324 g/mol. The van der Waals surface area contributed by atoms with Gasteiger partial charge in [0, 0.05) is 0 Å². The van der Waals surface area contributed by atoms with E-state index in [0.29, 0.717) is 0 Å². The maximum atomic E-state index is 3.10. The second-order valence-electron chi connectivity index (χ2n) is 5.13. The van der Waals surface area contributed by atoms with Gasteiger partial charge in [-0.05, 0) is 25.3 Å². The van der Waals surface area contributed by atoms with Crippen LogP contribution < -0.4 is 0 Å². The van der Waals surface area contributed by atoms with Crippen molar-refractivity contribution in [2.75, 3.05) is 0 Å². The van der Waals surface area contributed by atoms with Gasteiger partial charge in [0.1, 0.15) is 0 Å². The molecule has 0 heterocycles. The van der Waals surface area contributed by atoms with E-state index in [2.05, 4.69) is 72.8 Å². The summed E-state index contributed by atoms with van der Waals surface area (Å²) in [6, 6.07) is 21.7. The Balaban J connectivity index is 0.000000247. The Morgan fingerprint density at radius 2 is 1.35 bits per heavy atom. The molecule has 103 valence electrons. The van der Waals surface area contributed by atoms with Crippen molar-refractivity contribution < 1.29 is 0 Å². The van der Waals surface area contributed by atoms with Crippen molar-refractivity contribution in [3.63, 3.8) is 0 Å². The van der Waals surface area contributed by atoms with Gasteiger partial charge in [-0.3, -0.25) is 0 Å². The third-order valence-corrected chi connectivity index (χ3v) is 7.34. The minimum atomic E-state index is -0.411. The zero-order valence-electron chi connectivity index (χ0n) is 12.1. The molecule has 20 heavy (non-hydrogen) atoms. The van der Waals surface area contributed by atoms with E-state index >= 15 is 0 Å². The van der Waals surface area contributed by atoms with Crippen LogP contribution in [-0.4, -0.2) is 15.4 Å². The molecule has 2 aromatic rings. The number of hydrogen-bond donors (Lipinski definition) is 0. The van der Waals surface area contributed by atoms with Gasteiger partial charge in [0.05, 0.1) is 0 Å². The van der Waals surface area contributed by atoms with Gasteiger partial charge in [-0.1, -0.05) is 6.08 Å². The second-order valence-corrected chi connectivity index (χ2v) is 8.71. The number of allylic oxidation sites excluding steroid dienone is 2. The van der Waals surface area contributed by atoms with Crippen molar-refractivity contribution in [2.24, 2.45) is 0 Å². The Kier molecular flexibility index (Phi) is 7.26. The molecule has 0 aromatic heterocycles. The van der Waals surface area contributed by atoms with Gasteiger partial charge in [0.15, 0.2) is 0 Å². The summed E-state index contributed by atoms with van der Waals surface area (Å²) in [6.07, 6.45) is 9.00. The molecule has 0 spiro atoms. The summed E-state index contributed by atoms with van der Waals surface area (Å²) in [5.74, 6) is 0. The van der Waals surface area contributed by atoms with Gasteiger partial charge in [-0.25, -0.2) is 0 Å². The molecule has 0 bridgehead atoms. The standard InChI is InChI=1S/C14H16Ge.C5H7/c1-3-7-13(8-4-1)11-15-12-14-9-5-2-6-10-14;1-2-4-5-3-1/h1-10H,11-12,15H2;1H,2,4-5H2. The van der Waals surface area contributed by atoms with Crippen LogP contribution in [0.3, 0.4) is 0 Å². The SMILES string of the molecule is [C]1=CCCC1.c1ccc([CH2][GeH2][CH2]c2ccccc2)cc1. The van der Waals surface area contributed by atoms with Crippen molar-refractivity contribution in [2.45, 2.75) is 29.8 Å². The Morgan fingerprint density at radius 3 is 1.70 bits per heavy atom. The summed E-state index contributed by atoms with van der Waals surface area (Å²) in [5.41, 5.74) is 3.04. The van der Waals surface area contributed by atoms with Crippen LogP contribution >= 0.6 is 0 Å². The number of benzene rings is 2. The Bertz CT molecular complexity index is 442. The van der Waals surface area contributed by atoms with Crippen molar-refractivity contribution in [1.29, 1.82) is 0 Å². The van der Waals surface area contributed by atoms with Gasteiger partial charge in [0.25, 0.3) is 0 Å². The molecule has 1 aliphatic carbocycles. The predicted octanol–water partition coefficient (Wildman–Crippen LogP) is 4.09. The monoisotopic (exact) mass is 325 g/mol. The van der Waals surface area contributed by atoms with E-state index in [0.717, 1.165) is 0 Å². The van der Waals surface area contributed by atoms with E-state index in [4.69, 9.17) is 0 Å². The van der Waals surface area contributed by atoms with Crippen molar-refractivity contribution in [3.8, 4) is 0 Å². The maximum absolute atomic E-state index is 3.10. The third-order valence-electron chi connectivity index (χ3n) is 3.43. The van der Waals surface area contributed by atoms with Gasteiger partial charge < -0.3 is 0 Å². The summed E-state index contributed by atoms with van der Waals surface area (Å²) in [6.45, 7) is 0. The van der Waals surface area contributed by atoms with E-state index in [1.54, 1.807) is 0 Å². The molecule has 0 amide bonds. The first kappa shape index (κ1) is 15.1. The van der Waals surface area contributed by atoms with Crippen molar-refractivity contribution >= 4 is 15.4 Å². The minimum absolute atomic E-state index is 0.411. The normalized spacial score (nSPS) is 12.8. The molecule has 0 aliphatic heterocycles. The fraction of sp³-hybridized carbons (Fsp3) is 0.263. The summed E-state index contributed by atoms with van der Waals surface area (Å²) < 4.78 is 0. The van der Waals surface area contributed by atoms with E-state index in [-0.39, 0.29) is 0 Å². The Labute approximate surface area is 129 Å². The molecule has 1 aliphatic rings. The van der Waals surface area contributed by atoms with Crippen LogP contribution in [0, 0.1) is 6.08 Å². The molecule has 2 aromatic carbocycles. The molecule has 0 atom stereocenters. The fourth-order valence-corrected chi connectivity index (χ4v) is 5.78. The Hall–Kier alpha value is -1.28. The van der Waals surface area contributed by atoms with E-state index in [9.17, 15) is 0 Å². The molecule has 0 unspecified atom stereocenters. The Morgan fingerprint density at radius 1 is 0.800 bits per heavy atom. The molecule has 0 fully saturated rings.